The second kappa shape index (κ2) is 6.79. The third-order valence-corrected chi connectivity index (χ3v) is 4.34. The molecule has 2 aromatic rings. The highest BCUT2D eigenvalue weighted by atomic mass is 16.5. The molecule has 0 amide bonds. The van der Waals surface area contributed by atoms with E-state index < -0.39 is 12.0 Å². The summed E-state index contributed by atoms with van der Waals surface area (Å²) in [5.41, 5.74) is 2.05. The van der Waals surface area contributed by atoms with Gasteiger partial charge in [0.1, 0.15) is 11.8 Å². The van der Waals surface area contributed by atoms with Crippen LogP contribution in [0.15, 0.2) is 48.8 Å². The Labute approximate surface area is 135 Å². The van der Waals surface area contributed by atoms with E-state index in [2.05, 4.69) is 9.88 Å². The zero-order chi connectivity index (χ0) is 16.2. The van der Waals surface area contributed by atoms with Gasteiger partial charge in [0.05, 0.1) is 13.2 Å². The second-order valence-corrected chi connectivity index (χ2v) is 5.70. The number of rotatable bonds is 5. The lowest BCUT2D eigenvalue weighted by molar-refractivity contribution is -0.142. The van der Waals surface area contributed by atoms with Crippen molar-refractivity contribution in [1.29, 1.82) is 0 Å². The number of aliphatic carboxylic acids is 1. The van der Waals surface area contributed by atoms with Crippen molar-refractivity contribution in [3.8, 4) is 5.75 Å². The van der Waals surface area contributed by atoms with E-state index in [9.17, 15) is 9.90 Å². The number of pyridine rings is 1. The summed E-state index contributed by atoms with van der Waals surface area (Å²) in [5, 5.41) is 9.53. The molecule has 120 valence electrons. The van der Waals surface area contributed by atoms with Gasteiger partial charge in [0.25, 0.3) is 0 Å². The molecule has 0 bridgehead atoms. The number of hydrogen-bond donors (Lipinski definition) is 1. The molecule has 1 saturated heterocycles. The molecule has 1 aliphatic rings. The van der Waals surface area contributed by atoms with Crippen molar-refractivity contribution in [1.82, 2.24) is 9.88 Å². The Morgan fingerprint density at radius 2 is 2.09 bits per heavy atom. The van der Waals surface area contributed by atoms with Crippen LogP contribution >= 0.6 is 0 Å². The molecular weight excluding hydrogens is 292 g/mol. The molecule has 2 unspecified atom stereocenters. The van der Waals surface area contributed by atoms with Gasteiger partial charge in [-0.1, -0.05) is 18.2 Å². The lowest BCUT2D eigenvalue weighted by Crippen LogP contribution is -2.39. The van der Waals surface area contributed by atoms with Crippen LogP contribution in [0, 0.1) is 0 Å². The number of ether oxygens (including phenoxy) is 1. The van der Waals surface area contributed by atoms with Crippen LogP contribution in [-0.2, 0) is 4.79 Å². The molecule has 0 radical (unpaired) electrons. The van der Waals surface area contributed by atoms with E-state index >= 15 is 0 Å². The second-order valence-electron chi connectivity index (χ2n) is 5.70. The fourth-order valence-corrected chi connectivity index (χ4v) is 3.26. The number of aromatic nitrogens is 1. The van der Waals surface area contributed by atoms with Crippen LogP contribution in [0.3, 0.4) is 0 Å². The summed E-state index contributed by atoms with van der Waals surface area (Å²) in [6, 6.07) is 11.1. The summed E-state index contributed by atoms with van der Waals surface area (Å²) in [5.74, 6) is 0.0276. The lowest BCUT2D eigenvalue weighted by Gasteiger charge is -2.31. The molecular formula is C18H20N2O3. The Morgan fingerprint density at radius 3 is 2.70 bits per heavy atom. The summed E-state index contributed by atoms with van der Waals surface area (Å²) >= 11 is 0. The summed E-state index contributed by atoms with van der Waals surface area (Å²) in [6.07, 6.45) is 5.12. The molecule has 0 aliphatic carbocycles. The minimum atomic E-state index is -0.759. The third kappa shape index (κ3) is 3.19. The molecule has 5 heteroatoms. The van der Waals surface area contributed by atoms with Crippen LogP contribution in [0.1, 0.15) is 30.0 Å². The number of likely N-dealkylation sites (tertiary alicyclic amines) is 1. The molecule has 2 atom stereocenters. The normalized spacial score (nSPS) is 19.4. The van der Waals surface area contributed by atoms with Crippen molar-refractivity contribution in [3.05, 3.63) is 59.9 Å². The van der Waals surface area contributed by atoms with Crippen molar-refractivity contribution in [2.24, 2.45) is 0 Å². The molecule has 1 aliphatic heterocycles. The van der Waals surface area contributed by atoms with E-state index in [0.717, 1.165) is 29.8 Å². The van der Waals surface area contributed by atoms with Crippen molar-refractivity contribution in [3.63, 3.8) is 0 Å². The zero-order valence-electron chi connectivity index (χ0n) is 13.1. The standard InChI is InChI=1S/C18H20N2O3/c1-23-15-8-6-13(7-9-15)17(14-4-2-10-19-12-14)20-11-3-5-16(20)18(21)22/h2,4,6-10,12,16-17H,3,5,11H2,1H3,(H,21,22). The predicted molar refractivity (Wildman–Crippen MR) is 86.4 cm³/mol. The molecule has 1 aromatic carbocycles. The van der Waals surface area contributed by atoms with Gasteiger partial charge in [-0.15, -0.1) is 0 Å². The number of hydrogen-bond acceptors (Lipinski definition) is 4. The predicted octanol–water partition coefficient (Wildman–Crippen LogP) is 2.73. The van der Waals surface area contributed by atoms with Gasteiger partial charge in [-0.2, -0.15) is 0 Å². The first-order chi connectivity index (χ1) is 11.2. The first kappa shape index (κ1) is 15.5. The maximum Gasteiger partial charge on any atom is 0.320 e. The van der Waals surface area contributed by atoms with E-state index in [1.165, 1.54) is 0 Å². The van der Waals surface area contributed by atoms with Crippen LogP contribution in [0.4, 0.5) is 0 Å². The van der Waals surface area contributed by atoms with Gasteiger partial charge in [0.15, 0.2) is 0 Å². The molecule has 5 nitrogen and oxygen atoms in total. The van der Waals surface area contributed by atoms with Crippen LogP contribution < -0.4 is 4.74 Å². The number of carboxylic acids is 1. The minimum Gasteiger partial charge on any atom is -0.497 e. The molecule has 1 aromatic heterocycles. The number of carbonyl (C=O) groups is 1. The molecule has 3 rings (SSSR count). The third-order valence-electron chi connectivity index (χ3n) is 4.34. The van der Waals surface area contributed by atoms with E-state index in [0.29, 0.717) is 6.42 Å². The molecule has 0 saturated carbocycles. The summed E-state index contributed by atoms with van der Waals surface area (Å²) in [7, 11) is 1.63. The summed E-state index contributed by atoms with van der Waals surface area (Å²) in [6.45, 7) is 0.766. The van der Waals surface area contributed by atoms with Crippen LogP contribution in [-0.4, -0.2) is 40.7 Å². The van der Waals surface area contributed by atoms with Gasteiger partial charge in [-0.05, 0) is 42.2 Å². The number of carboxylic acid groups (broad SMARTS) is 1. The van der Waals surface area contributed by atoms with Crippen LogP contribution in [0.5, 0.6) is 5.75 Å². The van der Waals surface area contributed by atoms with E-state index in [-0.39, 0.29) is 6.04 Å². The fraction of sp³-hybridized carbons (Fsp3) is 0.333. The quantitative estimate of drug-likeness (QED) is 0.920. The molecule has 0 spiro atoms. The van der Waals surface area contributed by atoms with Gasteiger partial charge in [-0.25, -0.2) is 0 Å². The first-order valence-electron chi connectivity index (χ1n) is 7.73. The van der Waals surface area contributed by atoms with Crippen molar-refractivity contribution in [2.45, 2.75) is 24.9 Å². The first-order valence-corrected chi connectivity index (χ1v) is 7.73. The summed E-state index contributed by atoms with van der Waals surface area (Å²) < 4.78 is 5.22. The van der Waals surface area contributed by atoms with Gasteiger partial charge < -0.3 is 9.84 Å². The number of benzene rings is 1. The maximum atomic E-state index is 11.6. The van der Waals surface area contributed by atoms with Gasteiger partial charge >= 0.3 is 5.97 Å². The van der Waals surface area contributed by atoms with E-state index in [1.807, 2.05) is 42.6 Å². The number of nitrogens with zero attached hydrogens (tertiary/aromatic N) is 2. The number of methoxy groups -OCH3 is 1. The Hall–Kier alpha value is -2.40. The highest BCUT2D eigenvalue weighted by molar-refractivity contribution is 5.74. The topological polar surface area (TPSA) is 62.7 Å². The Balaban J connectivity index is 2.01. The Bertz CT molecular complexity index is 658. The zero-order valence-corrected chi connectivity index (χ0v) is 13.1. The molecule has 1 N–H and O–H groups in total. The van der Waals surface area contributed by atoms with Crippen molar-refractivity contribution >= 4 is 5.97 Å². The minimum absolute atomic E-state index is 0.113. The lowest BCUT2D eigenvalue weighted by atomic mass is 9.97. The Morgan fingerprint density at radius 1 is 1.30 bits per heavy atom. The average Bonchev–Trinajstić information content (AvgIpc) is 3.06. The van der Waals surface area contributed by atoms with Crippen molar-refractivity contribution < 1.29 is 14.6 Å². The van der Waals surface area contributed by atoms with Gasteiger partial charge in [-0.3, -0.25) is 14.7 Å². The average molecular weight is 312 g/mol. The highest BCUT2D eigenvalue weighted by Crippen LogP contribution is 2.35. The fourth-order valence-electron chi connectivity index (χ4n) is 3.26. The van der Waals surface area contributed by atoms with Gasteiger partial charge in [0.2, 0.25) is 0 Å². The van der Waals surface area contributed by atoms with E-state index in [1.54, 1.807) is 13.3 Å². The SMILES string of the molecule is COc1ccc(C(c2cccnc2)N2CCCC2C(=O)O)cc1. The summed E-state index contributed by atoms with van der Waals surface area (Å²) in [4.78, 5) is 17.9. The van der Waals surface area contributed by atoms with Gasteiger partial charge in [0, 0.05) is 18.9 Å². The maximum absolute atomic E-state index is 11.6. The highest BCUT2D eigenvalue weighted by Gasteiger charge is 2.36. The smallest absolute Gasteiger partial charge is 0.320 e. The monoisotopic (exact) mass is 312 g/mol. The molecule has 2 heterocycles. The van der Waals surface area contributed by atoms with E-state index in [4.69, 9.17) is 4.74 Å². The molecule has 1 fully saturated rings. The largest absolute Gasteiger partial charge is 0.497 e. The van der Waals surface area contributed by atoms with Crippen molar-refractivity contribution in [2.75, 3.05) is 13.7 Å². The Kier molecular flexibility index (Phi) is 4.57. The van der Waals surface area contributed by atoms with Crippen LogP contribution in [0.25, 0.3) is 0 Å². The molecule has 23 heavy (non-hydrogen) atoms. The van der Waals surface area contributed by atoms with Crippen LogP contribution in [0.2, 0.25) is 0 Å².